The molecule has 1 aromatic rings. The van der Waals surface area contributed by atoms with E-state index in [-0.39, 0.29) is 11.9 Å². The van der Waals surface area contributed by atoms with Crippen molar-refractivity contribution in [3.05, 3.63) is 5.82 Å². The number of hydrogen-bond acceptors (Lipinski definition) is 5. The number of nitrogens with zero attached hydrogens (tertiary/aromatic N) is 3. The monoisotopic (exact) mass is 212 g/mol. The zero-order valence-corrected chi connectivity index (χ0v) is 8.97. The summed E-state index contributed by atoms with van der Waals surface area (Å²) >= 11 is 1.28. The summed E-state index contributed by atoms with van der Waals surface area (Å²) in [6, 6.07) is -0.0563. The minimum atomic E-state index is -0.0563. The second kappa shape index (κ2) is 3.62. The van der Waals surface area contributed by atoms with Gasteiger partial charge in [0.05, 0.1) is 6.04 Å². The normalized spacial score (nSPS) is 22.0. The van der Waals surface area contributed by atoms with E-state index in [1.807, 2.05) is 6.92 Å². The van der Waals surface area contributed by atoms with E-state index in [2.05, 4.69) is 14.7 Å². The van der Waals surface area contributed by atoms with Crippen molar-refractivity contribution in [2.24, 2.45) is 0 Å². The first-order chi connectivity index (χ1) is 6.72. The lowest BCUT2D eigenvalue weighted by Gasteiger charge is -2.11. The Labute approximate surface area is 86.3 Å². The van der Waals surface area contributed by atoms with Crippen LogP contribution in [0.5, 0.6) is 0 Å². The third-order valence-electron chi connectivity index (χ3n) is 2.30. The number of carbonyl (C=O) groups is 1. The molecule has 0 saturated carbocycles. The highest BCUT2D eigenvalue weighted by Crippen LogP contribution is 2.22. The molecular formula is C8H12N4OS. The molecule has 0 aromatic carbocycles. The van der Waals surface area contributed by atoms with Crippen molar-refractivity contribution in [1.82, 2.24) is 14.7 Å². The predicted molar refractivity (Wildman–Crippen MR) is 54.5 cm³/mol. The van der Waals surface area contributed by atoms with E-state index in [1.165, 1.54) is 11.5 Å². The maximum Gasteiger partial charge on any atom is 0.246 e. The predicted octanol–water partition coefficient (Wildman–Crippen LogP) is 0.171. The van der Waals surface area contributed by atoms with Gasteiger partial charge in [-0.25, -0.2) is 4.98 Å². The molecule has 0 bridgehead atoms. The average molecular weight is 212 g/mol. The molecule has 2 rings (SSSR count). The standard InChI is InChI=1S/C8H12N4OS/c1-5-10-8(14-11-5)12-4-3-6(9-2)7(12)13/h6,9H,3-4H2,1-2H3. The number of rotatable bonds is 2. The van der Waals surface area contributed by atoms with E-state index >= 15 is 0 Å². The number of hydrogen-bond donors (Lipinski definition) is 1. The van der Waals surface area contributed by atoms with Crippen LogP contribution in [-0.4, -0.2) is 34.9 Å². The van der Waals surface area contributed by atoms with Gasteiger partial charge in [0, 0.05) is 18.1 Å². The number of aromatic nitrogens is 2. The third-order valence-corrected chi connectivity index (χ3v) is 3.13. The van der Waals surface area contributed by atoms with Gasteiger partial charge in [0.1, 0.15) is 5.82 Å². The smallest absolute Gasteiger partial charge is 0.246 e. The van der Waals surface area contributed by atoms with Gasteiger partial charge in [-0.3, -0.25) is 9.69 Å². The van der Waals surface area contributed by atoms with Crippen LogP contribution in [0, 0.1) is 6.92 Å². The number of likely N-dealkylation sites (N-methyl/N-ethyl adjacent to an activating group) is 1. The Kier molecular flexibility index (Phi) is 2.47. The summed E-state index contributed by atoms with van der Waals surface area (Å²) in [4.78, 5) is 17.6. The molecule has 1 fully saturated rings. The minimum absolute atomic E-state index is 0.0563. The Morgan fingerprint density at radius 2 is 2.43 bits per heavy atom. The Morgan fingerprint density at radius 1 is 1.64 bits per heavy atom. The van der Waals surface area contributed by atoms with Crippen molar-refractivity contribution in [2.75, 3.05) is 18.5 Å². The van der Waals surface area contributed by atoms with E-state index in [0.717, 1.165) is 18.8 Å². The average Bonchev–Trinajstić information content (AvgIpc) is 2.72. The van der Waals surface area contributed by atoms with Gasteiger partial charge in [0.25, 0.3) is 0 Å². The molecule has 1 atom stereocenters. The second-order valence-corrected chi connectivity index (χ2v) is 3.97. The van der Waals surface area contributed by atoms with E-state index in [1.54, 1.807) is 11.9 Å². The van der Waals surface area contributed by atoms with Crippen molar-refractivity contribution in [1.29, 1.82) is 0 Å². The zero-order valence-electron chi connectivity index (χ0n) is 8.15. The molecule has 1 aliphatic heterocycles. The lowest BCUT2D eigenvalue weighted by Crippen LogP contribution is -2.36. The number of aryl methyl sites for hydroxylation is 1. The van der Waals surface area contributed by atoms with E-state index in [4.69, 9.17) is 0 Å². The van der Waals surface area contributed by atoms with Gasteiger partial charge in [-0.1, -0.05) is 0 Å². The Hall–Kier alpha value is -1.01. The molecule has 5 nitrogen and oxygen atoms in total. The fourth-order valence-electron chi connectivity index (χ4n) is 1.53. The molecule has 0 aliphatic carbocycles. The van der Waals surface area contributed by atoms with Crippen LogP contribution in [0.2, 0.25) is 0 Å². The number of anilines is 1. The van der Waals surface area contributed by atoms with Gasteiger partial charge in [-0.05, 0) is 20.4 Å². The summed E-state index contributed by atoms with van der Waals surface area (Å²) in [7, 11) is 1.80. The highest BCUT2D eigenvalue weighted by atomic mass is 32.1. The maximum atomic E-state index is 11.7. The first-order valence-electron chi connectivity index (χ1n) is 4.51. The summed E-state index contributed by atoms with van der Waals surface area (Å²) in [6.45, 7) is 2.56. The van der Waals surface area contributed by atoms with Gasteiger partial charge in [0.2, 0.25) is 11.0 Å². The molecule has 0 spiro atoms. The summed E-state index contributed by atoms with van der Waals surface area (Å²) in [6.07, 6.45) is 0.841. The lowest BCUT2D eigenvalue weighted by molar-refractivity contribution is -0.118. The lowest BCUT2D eigenvalue weighted by atomic mass is 10.3. The maximum absolute atomic E-state index is 11.7. The van der Waals surface area contributed by atoms with Crippen LogP contribution in [0.15, 0.2) is 0 Å². The molecule has 1 aromatic heterocycles. The van der Waals surface area contributed by atoms with E-state index < -0.39 is 0 Å². The van der Waals surface area contributed by atoms with Crippen LogP contribution in [0.3, 0.4) is 0 Å². The molecule has 2 heterocycles. The molecule has 1 unspecified atom stereocenters. The summed E-state index contributed by atoms with van der Waals surface area (Å²) in [5.74, 6) is 0.828. The van der Waals surface area contributed by atoms with Crippen molar-refractivity contribution >= 4 is 22.6 Å². The second-order valence-electron chi connectivity index (χ2n) is 3.24. The molecule has 14 heavy (non-hydrogen) atoms. The third kappa shape index (κ3) is 1.51. The largest absolute Gasteiger partial charge is 0.309 e. The molecular weight excluding hydrogens is 200 g/mol. The van der Waals surface area contributed by atoms with Crippen LogP contribution < -0.4 is 10.2 Å². The van der Waals surface area contributed by atoms with E-state index in [0.29, 0.717) is 5.13 Å². The number of carbonyl (C=O) groups excluding carboxylic acids is 1. The Morgan fingerprint density at radius 3 is 2.93 bits per heavy atom. The fraction of sp³-hybridized carbons (Fsp3) is 0.625. The van der Waals surface area contributed by atoms with Crippen LogP contribution in [0.25, 0.3) is 0 Å². The van der Waals surface area contributed by atoms with Crippen LogP contribution >= 0.6 is 11.5 Å². The molecule has 1 N–H and O–H groups in total. The fourth-order valence-corrected chi connectivity index (χ4v) is 2.24. The van der Waals surface area contributed by atoms with Crippen molar-refractivity contribution in [2.45, 2.75) is 19.4 Å². The quantitative estimate of drug-likeness (QED) is 0.759. The van der Waals surface area contributed by atoms with Crippen molar-refractivity contribution in [3.8, 4) is 0 Å². The first kappa shape index (κ1) is 9.54. The van der Waals surface area contributed by atoms with Crippen molar-refractivity contribution in [3.63, 3.8) is 0 Å². The molecule has 76 valence electrons. The SMILES string of the molecule is CNC1CCN(c2nc(C)ns2)C1=O. The number of amides is 1. The van der Waals surface area contributed by atoms with E-state index in [9.17, 15) is 4.79 Å². The summed E-state index contributed by atoms with van der Waals surface area (Å²) in [5.41, 5.74) is 0. The van der Waals surface area contributed by atoms with Gasteiger partial charge < -0.3 is 5.32 Å². The Bertz CT molecular complexity index is 351. The molecule has 1 saturated heterocycles. The van der Waals surface area contributed by atoms with Crippen LogP contribution in [0.1, 0.15) is 12.2 Å². The zero-order chi connectivity index (χ0) is 10.1. The molecule has 1 amide bonds. The molecule has 1 aliphatic rings. The highest BCUT2D eigenvalue weighted by molar-refractivity contribution is 7.09. The van der Waals surface area contributed by atoms with Gasteiger partial charge >= 0.3 is 0 Å². The first-order valence-corrected chi connectivity index (χ1v) is 5.28. The van der Waals surface area contributed by atoms with Gasteiger partial charge in [-0.2, -0.15) is 4.37 Å². The molecule has 6 heteroatoms. The molecule has 0 radical (unpaired) electrons. The van der Waals surface area contributed by atoms with Crippen molar-refractivity contribution < 1.29 is 4.79 Å². The topological polar surface area (TPSA) is 58.1 Å². The van der Waals surface area contributed by atoms with Crippen LogP contribution in [0.4, 0.5) is 5.13 Å². The van der Waals surface area contributed by atoms with Gasteiger partial charge in [0.15, 0.2) is 0 Å². The minimum Gasteiger partial charge on any atom is -0.309 e. The summed E-state index contributed by atoms with van der Waals surface area (Å²) < 4.78 is 4.06. The van der Waals surface area contributed by atoms with Crippen LogP contribution in [-0.2, 0) is 4.79 Å². The number of nitrogens with one attached hydrogen (secondary N) is 1. The summed E-state index contributed by atoms with van der Waals surface area (Å²) in [5, 5.41) is 3.70. The highest BCUT2D eigenvalue weighted by Gasteiger charge is 2.32. The van der Waals surface area contributed by atoms with Gasteiger partial charge in [-0.15, -0.1) is 0 Å². The Balaban J connectivity index is 2.17.